The van der Waals surface area contributed by atoms with Crippen LogP contribution in [0.25, 0.3) is 0 Å². The van der Waals surface area contributed by atoms with Gasteiger partial charge in [0, 0.05) is 0 Å². The van der Waals surface area contributed by atoms with Crippen LogP contribution >= 0.6 is 99.7 Å². The summed E-state index contributed by atoms with van der Waals surface area (Å²) in [6, 6.07) is -6.72. The molecule has 0 aliphatic rings. The highest BCUT2D eigenvalue weighted by Gasteiger charge is 2.31. The minimum atomic E-state index is -2.70. The highest BCUT2D eigenvalue weighted by Crippen LogP contribution is 2.29. The molecule has 0 unspecified atom stereocenters. The van der Waals surface area contributed by atoms with Crippen molar-refractivity contribution in [3.05, 3.63) is 0 Å². The molecular weight excluding hydrogens is 600 g/mol. The molecule has 0 atom stereocenters. The zero-order valence-corrected chi connectivity index (χ0v) is 24.3. The molecule has 0 saturated heterocycles. The van der Waals surface area contributed by atoms with Gasteiger partial charge in [-0.25, -0.2) is 0 Å². The first-order chi connectivity index (χ1) is 11.6. The van der Waals surface area contributed by atoms with Crippen molar-refractivity contribution in [2.45, 2.75) is 43.0 Å². The maximum Gasteiger partial charge on any atom is 0.341 e. The van der Waals surface area contributed by atoms with Crippen molar-refractivity contribution < 1.29 is 14.2 Å². The van der Waals surface area contributed by atoms with E-state index < -0.39 is 23.6 Å². The molecule has 0 N–H and O–H groups in total. The third kappa shape index (κ3) is 20.6. The predicted octanol–water partition coefficient (Wildman–Crippen LogP) is 6.95. The summed E-state index contributed by atoms with van der Waals surface area (Å²) in [5, 5.41) is 0. The van der Waals surface area contributed by atoms with Crippen molar-refractivity contribution in [2.24, 2.45) is 0 Å². The zero-order valence-electron chi connectivity index (χ0n) is 13.5. The molecular formula is C10H18Cl9O3Si4. The van der Waals surface area contributed by atoms with Gasteiger partial charge in [0.05, 0.1) is 19.8 Å². The molecule has 26 heavy (non-hydrogen) atoms. The lowest BCUT2D eigenvalue weighted by molar-refractivity contribution is -0.325. The molecule has 0 fully saturated rings. The summed E-state index contributed by atoms with van der Waals surface area (Å²) in [4.78, 5) is 0. The van der Waals surface area contributed by atoms with Crippen LogP contribution in [0.15, 0.2) is 0 Å². The van der Waals surface area contributed by atoms with Gasteiger partial charge in [0.25, 0.3) is 0 Å². The standard InChI is InChI=1S/C10H18Cl9O3Si4/c11-24(12,13)7-1-4-20-10(23,21-5-2-8-25(14,15)16)22-6-3-9-26(17,18)19/h1-9H2. The average molecular weight is 618 g/mol. The van der Waals surface area contributed by atoms with Gasteiger partial charge in [0.2, 0.25) is 5.60 Å². The summed E-state index contributed by atoms with van der Waals surface area (Å²) >= 11 is 52.6. The third-order valence-corrected chi connectivity index (χ3v) is 11.0. The molecule has 0 amide bonds. The molecule has 3 nitrogen and oxygen atoms in total. The van der Waals surface area contributed by atoms with Crippen molar-refractivity contribution in [1.82, 2.24) is 0 Å². The Morgan fingerprint density at radius 2 is 0.769 bits per heavy atom. The van der Waals surface area contributed by atoms with Crippen LogP contribution < -0.4 is 0 Å². The van der Waals surface area contributed by atoms with E-state index in [1.54, 1.807) is 0 Å². The van der Waals surface area contributed by atoms with Crippen molar-refractivity contribution >= 4 is 128 Å². The molecule has 0 aliphatic carbocycles. The van der Waals surface area contributed by atoms with Crippen molar-refractivity contribution in [3.8, 4) is 0 Å². The summed E-state index contributed by atoms with van der Waals surface area (Å²) in [7, 11) is 3.36. The zero-order chi connectivity index (χ0) is 20.5. The maximum absolute atomic E-state index is 5.85. The van der Waals surface area contributed by atoms with Gasteiger partial charge in [-0.1, -0.05) is 0 Å². The van der Waals surface area contributed by atoms with E-state index in [1.807, 2.05) is 0 Å². The van der Waals surface area contributed by atoms with E-state index in [2.05, 4.69) is 10.2 Å². The van der Waals surface area contributed by atoms with Crippen LogP contribution in [0.2, 0.25) is 18.1 Å². The Morgan fingerprint density at radius 1 is 0.538 bits per heavy atom. The number of ether oxygens (including phenoxy) is 3. The molecule has 0 aromatic rings. The predicted molar refractivity (Wildman–Crippen MR) is 125 cm³/mol. The maximum atomic E-state index is 5.85. The number of hydrogen-bond acceptors (Lipinski definition) is 3. The molecule has 16 heteroatoms. The van der Waals surface area contributed by atoms with Crippen LogP contribution in [0.1, 0.15) is 19.3 Å². The van der Waals surface area contributed by atoms with Crippen LogP contribution in [0.3, 0.4) is 0 Å². The molecule has 0 heterocycles. The van der Waals surface area contributed by atoms with Gasteiger partial charge in [0.1, 0.15) is 0 Å². The molecule has 155 valence electrons. The van der Waals surface area contributed by atoms with E-state index in [0.29, 0.717) is 37.4 Å². The minimum absolute atomic E-state index is 0.267. The van der Waals surface area contributed by atoms with Crippen LogP contribution in [-0.2, 0) is 14.2 Å². The summed E-state index contributed by atoms with van der Waals surface area (Å²) in [5.41, 5.74) is -1.46. The number of halogens is 9. The second-order valence-corrected chi connectivity index (χ2v) is 33.7. The van der Waals surface area contributed by atoms with E-state index in [9.17, 15) is 0 Å². The fourth-order valence-corrected chi connectivity index (χ4v) is 7.11. The van der Waals surface area contributed by atoms with Gasteiger partial charge in [-0.2, -0.15) is 0 Å². The van der Waals surface area contributed by atoms with Crippen LogP contribution in [0, 0.1) is 0 Å². The lowest BCUT2D eigenvalue weighted by atomic mass is 10.5. The quantitative estimate of drug-likeness (QED) is 0.0862. The van der Waals surface area contributed by atoms with E-state index >= 15 is 0 Å². The second kappa shape index (κ2) is 13.7. The SMILES string of the molecule is [Si]C(OCCC[Si](Cl)(Cl)Cl)(OCCC[Si](Cl)(Cl)Cl)OCCC[Si](Cl)(Cl)Cl. The third-order valence-electron chi connectivity index (χ3n) is 2.69. The Morgan fingerprint density at radius 3 is 0.962 bits per heavy atom. The number of hydrogen-bond donors (Lipinski definition) is 0. The van der Waals surface area contributed by atoms with Gasteiger partial charge in [-0.15, -0.1) is 99.7 Å². The van der Waals surface area contributed by atoms with E-state index in [1.165, 1.54) is 0 Å². The van der Waals surface area contributed by atoms with Gasteiger partial charge in [0.15, 0.2) is 10.2 Å². The summed E-state index contributed by atoms with van der Waals surface area (Å²) in [6.07, 6.45) is 1.64. The first kappa shape index (κ1) is 29.4. The van der Waals surface area contributed by atoms with Crippen molar-refractivity contribution in [2.75, 3.05) is 19.8 Å². The summed E-state index contributed by atoms with van der Waals surface area (Å²) in [6.45, 7) is 0.800. The lowest BCUT2D eigenvalue weighted by Crippen LogP contribution is -2.41. The Balaban J connectivity index is 4.40. The van der Waals surface area contributed by atoms with Gasteiger partial charge in [-0.3, -0.25) is 0 Å². The lowest BCUT2D eigenvalue weighted by Gasteiger charge is -2.30. The molecule has 0 rings (SSSR count). The molecule has 0 spiro atoms. The minimum Gasteiger partial charge on any atom is -0.332 e. The van der Waals surface area contributed by atoms with Gasteiger partial charge in [-0.05, 0) is 37.4 Å². The largest absolute Gasteiger partial charge is 0.341 e. The molecule has 0 bridgehead atoms. The van der Waals surface area contributed by atoms with Crippen LogP contribution in [0.4, 0.5) is 0 Å². The smallest absolute Gasteiger partial charge is 0.332 e. The monoisotopic (exact) mass is 613 g/mol. The Bertz CT molecular complexity index is 334. The molecule has 3 radical (unpaired) electrons. The normalized spacial score (nSPS) is 14.1. The molecule has 0 aromatic carbocycles. The fourth-order valence-electron chi connectivity index (χ4n) is 1.56. The van der Waals surface area contributed by atoms with Crippen molar-refractivity contribution in [3.63, 3.8) is 0 Å². The highest BCUT2D eigenvalue weighted by atomic mass is 35.9. The summed E-state index contributed by atoms with van der Waals surface area (Å²) in [5.74, 6) is 0. The van der Waals surface area contributed by atoms with Crippen LogP contribution in [-0.4, -0.2) is 53.7 Å². The van der Waals surface area contributed by atoms with Crippen molar-refractivity contribution in [1.29, 1.82) is 0 Å². The molecule has 0 saturated carbocycles. The Labute approximate surface area is 203 Å². The Kier molecular flexibility index (Phi) is 15.5. The molecule has 0 aromatic heterocycles. The Hall–Kier alpha value is 3.36. The summed E-state index contributed by atoms with van der Waals surface area (Å²) < 4.78 is 16.9. The van der Waals surface area contributed by atoms with Gasteiger partial charge < -0.3 is 14.2 Å². The van der Waals surface area contributed by atoms with E-state index in [4.69, 9.17) is 114 Å². The van der Waals surface area contributed by atoms with E-state index in [-0.39, 0.29) is 19.8 Å². The first-order valence-corrected chi connectivity index (χ1v) is 23.7. The fraction of sp³-hybridized carbons (Fsp3) is 1.00. The van der Waals surface area contributed by atoms with E-state index in [0.717, 1.165) is 0 Å². The number of rotatable bonds is 15. The highest BCUT2D eigenvalue weighted by molar-refractivity contribution is 7.65. The van der Waals surface area contributed by atoms with Crippen LogP contribution in [0.5, 0.6) is 0 Å². The average Bonchev–Trinajstić information content (AvgIpc) is 2.42. The first-order valence-electron chi connectivity index (χ1n) is 7.49. The molecule has 0 aliphatic heterocycles. The second-order valence-electron chi connectivity index (χ2n) is 5.26. The topological polar surface area (TPSA) is 27.7 Å². The van der Waals surface area contributed by atoms with Gasteiger partial charge >= 0.3 is 18.0 Å².